The van der Waals surface area contributed by atoms with Crippen LogP contribution in [0.25, 0.3) is 16.2 Å². The molecule has 0 radical (unpaired) electrons. The number of carbonyl (C=O) groups is 2. The second-order valence-corrected chi connectivity index (χ2v) is 7.96. The molecule has 0 fully saturated rings. The highest BCUT2D eigenvalue weighted by Crippen LogP contribution is 2.42. The maximum absolute atomic E-state index is 13.0. The number of fused-ring (bicyclic) bond motifs is 1. The third kappa shape index (κ3) is 5.20. The summed E-state index contributed by atoms with van der Waals surface area (Å²) in [6, 6.07) is 13.5. The summed E-state index contributed by atoms with van der Waals surface area (Å²) >= 11 is 2.72. The van der Waals surface area contributed by atoms with E-state index in [-0.39, 0.29) is 11.5 Å². The van der Waals surface area contributed by atoms with E-state index in [9.17, 15) is 14.7 Å². The molecule has 0 saturated heterocycles. The zero-order valence-electron chi connectivity index (χ0n) is 16.9. The van der Waals surface area contributed by atoms with E-state index < -0.39 is 5.97 Å². The van der Waals surface area contributed by atoms with E-state index in [2.05, 4.69) is 0 Å². The van der Waals surface area contributed by atoms with Gasteiger partial charge in [0.2, 0.25) is 5.78 Å². The van der Waals surface area contributed by atoms with Gasteiger partial charge in [0.05, 0.1) is 0 Å². The van der Waals surface area contributed by atoms with Gasteiger partial charge in [-0.25, -0.2) is 4.79 Å². The fraction of sp³-hybridized carbons (Fsp3) is 0.0833. The Bertz CT molecular complexity index is 1220. The number of carboxylic acid groups (broad SMARTS) is 1. The molecule has 0 aliphatic rings. The molecule has 5 nitrogen and oxygen atoms in total. The topological polar surface area (TPSA) is 83.8 Å². The Balaban J connectivity index is 0.00000132. The number of benzene rings is 2. The number of hydrogen-bond acceptors (Lipinski definition) is 6. The van der Waals surface area contributed by atoms with E-state index in [1.807, 2.05) is 19.2 Å². The first-order valence-electron chi connectivity index (χ1n) is 9.52. The van der Waals surface area contributed by atoms with Crippen LogP contribution < -0.4 is 4.74 Å². The first kappa shape index (κ1) is 22.3. The number of carbonyl (C=O) groups excluding carboxylic acids is 1. The van der Waals surface area contributed by atoms with Crippen LogP contribution in [-0.2, 0) is 4.79 Å². The molecule has 0 aliphatic carbocycles. The fourth-order valence-corrected chi connectivity index (χ4v) is 4.53. The van der Waals surface area contributed by atoms with Crippen LogP contribution in [0.15, 0.2) is 65.4 Å². The highest BCUT2D eigenvalue weighted by Gasteiger charge is 2.22. The molecule has 2 N–H and O–H groups in total. The summed E-state index contributed by atoms with van der Waals surface area (Å²) < 4.78 is 6.82. The number of aromatic hydroxyl groups is 1. The number of thiophene rings is 2. The Hall–Kier alpha value is -3.42. The normalized spacial score (nSPS) is 10.6. The lowest BCUT2D eigenvalue weighted by atomic mass is 10.1. The average molecular weight is 453 g/mol. The smallest absolute Gasteiger partial charge is 0.328 e. The van der Waals surface area contributed by atoms with Crippen LogP contribution in [0.3, 0.4) is 0 Å². The molecule has 0 spiro atoms. The maximum Gasteiger partial charge on any atom is 0.328 e. The van der Waals surface area contributed by atoms with Gasteiger partial charge in [0.25, 0.3) is 0 Å². The van der Waals surface area contributed by atoms with Gasteiger partial charge in [-0.3, -0.25) is 4.79 Å². The zero-order chi connectivity index (χ0) is 22.4. The highest BCUT2D eigenvalue weighted by atomic mass is 32.1. The summed E-state index contributed by atoms with van der Waals surface area (Å²) in [5.41, 5.74) is 1.30. The Morgan fingerprint density at radius 2 is 1.77 bits per heavy atom. The molecule has 2 heterocycles. The molecule has 0 atom stereocenters. The van der Waals surface area contributed by atoms with E-state index in [1.165, 1.54) is 28.7 Å². The van der Waals surface area contributed by atoms with Gasteiger partial charge < -0.3 is 14.9 Å². The maximum atomic E-state index is 13.0. The van der Waals surface area contributed by atoms with E-state index >= 15 is 0 Å². The van der Waals surface area contributed by atoms with Crippen LogP contribution in [0.1, 0.15) is 34.6 Å². The lowest BCUT2D eigenvalue weighted by molar-refractivity contribution is -0.131. The van der Waals surface area contributed by atoms with Gasteiger partial charge in [-0.05, 0) is 53.4 Å². The third-order valence-corrected chi connectivity index (χ3v) is 5.95. The van der Waals surface area contributed by atoms with Crippen molar-refractivity contribution in [2.45, 2.75) is 13.8 Å². The summed E-state index contributed by atoms with van der Waals surface area (Å²) in [6.07, 6.45) is 2.55. The van der Waals surface area contributed by atoms with Crippen molar-refractivity contribution in [2.75, 3.05) is 0 Å². The van der Waals surface area contributed by atoms with Crippen molar-refractivity contribution >= 4 is 50.6 Å². The zero-order valence-corrected chi connectivity index (χ0v) is 18.5. The molecule has 4 aromatic rings. The number of rotatable bonds is 6. The largest absolute Gasteiger partial charge is 0.508 e. The lowest BCUT2D eigenvalue weighted by Crippen LogP contribution is -1.99. The summed E-state index contributed by atoms with van der Waals surface area (Å²) in [7, 11) is 0. The number of aliphatic carboxylic acids is 1. The van der Waals surface area contributed by atoms with Crippen molar-refractivity contribution in [3.05, 3.63) is 81.4 Å². The van der Waals surface area contributed by atoms with Gasteiger partial charge in [-0.15, -0.1) is 11.3 Å². The molecule has 0 unspecified atom stereocenters. The van der Waals surface area contributed by atoms with Crippen molar-refractivity contribution in [3.8, 4) is 17.2 Å². The summed E-state index contributed by atoms with van der Waals surface area (Å²) in [6.45, 7) is 4.00. The van der Waals surface area contributed by atoms with Gasteiger partial charge in [-0.2, -0.15) is 11.3 Å². The monoisotopic (exact) mass is 452 g/mol. The van der Waals surface area contributed by atoms with Crippen LogP contribution in [0.5, 0.6) is 17.2 Å². The fourth-order valence-electron chi connectivity index (χ4n) is 2.77. The lowest BCUT2D eigenvalue weighted by Gasteiger charge is -2.08. The molecule has 0 saturated carbocycles. The summed E-state index contributed by atoms with van der Waals surface area (Å²) in [5, 5.41) is 22.9. The van der Waals surface area contributed by atoms with Gasteiger partial charge in [0, 0.05) is 27.1 Å². The molecule has 158 valence electrons. The third-order valence-electron chi connectivity index (χ3n) is 4.14. The SMILES string of the molecule is CC.O=C(O)/C=C/c1ccc(Oc2c(C(=O)c3ccsc3)sc3cc(O)ccc23)cc1. The van der Waals surface area contributed by atoms with Crippen LogP contribution in [0.2, 0.25) is 0 Å². The number of carboxylic acids is 1. The van der Waals surface area contributed by atoms with Gasteiger partial charge in [-0.1, -0.05) is 26.0 Å². The number of phenolic OH excluding ortho intramolecular Hbond substituents is 1. The first-order chi connectivity index (χ1) is 15.0. The molecule has 7 heteroatoms. The second-order valence-electron chi connectivity index (χ2n) is 6.12. The van der Waals surface area contributed by atoms with Crippen molar-refractivity contribution in [3.63, 3.8) is 0 Å². The minimum absolute atomic E-state index is 0.120. The van der Waals surface area contributed by atoms with Crippen molar-refractivity contribution < 1.29 is 24.5 Å². The Kier molecular flexibility index (Phi) is 7.23. The number of hydrogen-bond donors (Lipinski definition) is 2. The van der Waals surface area contributed by atoms with Crippen LogP contribution >= 0.6 is 22.7 Å². The van der Waals surface area contributed by atoms with E-state index in [0.717, 1.165) is 21.7 Å². The Morgan fingerprint density at radius 3 is 2.42 bits per heavy atom. The van der Waals surface area contributed by atoms with Gasteiger partial charge in [0.1, 0.15) is 16.4 Å². The number of ketones is 1. The molecule has 31 heavy (non-hydrogen) atoms. The molecule has 2 aromatic carbocycles. The molecule has 0 bridgehead atoms. The molecular weight excluding hydrogens is 432 g/mol. The number of phenols is 1. The quantitative estimate of drug-likeness (QED) is 0.248. The summed E-state index contributed by atoms with van der Waals surface area (Å²) in [5.74, 6) is -0.0769. The van der Waals surface area contributed by atoms with Crippen molar-refractivity contribution in [2.24, 2.45) is 0 Å². The van der Waals surface area contributed by atoms with Crippen LogP contribution in [0.4, 0.5) is 0 Å². The van der Waals surface area contributed by atoms with E-state index in [0.29, 0.717) is 21.9 Å². The average Bonchev–Trinajstić information content (AvgIpc) is 3.43. The van der Waals surface area contributed by atoms with Crippen LogP contribution in [0, 0.1) is 0 Å². The Labute approximate surface area is 187 Å². The molecule has 4 rings (SSSR count). The van der Waals surface area contributed by atoms with Crippen molar-refractivity contribution in [1.82, 2.24) is 0 Å². The first-order valence-corrected chi connectivity index (χ1v) is 11.3. The standard InChI is InChI=1S/C22H14O5S2.C2H6/c23-15-4-7-17-18(11-15)29-22(20(26)14-9-10-28-12-14)21(17)27-16-5-1-13(2-6-16)3-8-19(24)25;1-2/h1-12,23H,(H,24,25);1-2H3/b8-3+;. The molecular formula is C24H20O5S2. The molecule has 2 aromatic heterocycles. The Morgan fingerprint density at radius 1 is 1.03 bits per heavy atom. The minimum atomic E-state index is -1.02. The van der Waals surface area contributed by atoms with E-state index in [1.54, 1.807) is 53.9 Å². The highest BCUT2D eigenvalue weighted by molar-refractivity contribution is 7.21. The van der Waals surface area contributed by atoms with Crippen molar-refractivity contribution in [1.29, 1.82) is 0 Å². The molecule has 0 amide bonds. The predicted octanol–water partition coefficient (Wildman–Crippen LogP) is 6.82. The summed E-state index contributed by atoms with van der Waals surface area (Å²) in [4.78, 5) is 24.1. The molecule has 0 aliphatic heterocycles. The second kappa shape index (κ2) is 10.1. The predicted molar refractivity (Wildman–Crippen MR) is 126 cm³/mol. The van der Waals surface area contributed by atoms with Gasteiger partial charge in [0.15, 0.2) is 5.75 Å². The van der Waals surface area contributed by atoms with Crippen LogP contribution in [-0.4, -0.2) is 22.0 Å². The number of ether oxygens (including phenoxy) is 1. The van der Waals surface area contributed by atoms with E-state index in [4.69, 9.17) is 9.84 Å². The van der Waals surface area contributed by atoms with Gasteiger partial charge >= 0.3 is 5.97 Å². The minimum Gasteiger partial charge on any atom is -0.508 e.